The number of benzene rings is 1. The van der Waals surface area contributed by atoms with Gasteiger partial charge in [-0.3, -0.25) is 0 Å². The Kier molecular flexibility index (Phi) is 2.93. The Bertz CT molecular complexity index is 402. The third kappa shape index (κ3) is 2.00. The number of fused-ring (bicyclic) bond motifs is 3. The van der Waals surface area contributed by atoms with Crippen LogP contribution in [0.25, 0.3) is 0 Å². The van der Waals surface area contributed by atoms with Crippen molar-refractivity contribution < 1.29 is 0 Å². The Morgan fingerprint density at radius 3 is 3.06 bits per heavy atom. The molecule has 0 amide bonds. The molecule has 0 bridgehead atoms. The van der Waals surface area contributed by atoms with Crippen LogP contribution < -0.4 is 11.1 Å². The predicted octanol–water partition coefficient (Wildman–Crippen LogP) is 1.90. The van der Waals surface area contributed by atoms with Crippen LogP contribution in [0.4, 0.5) is 0 Å². The van der Waals surface area contributed by atoms with Crippen LogP contribution in [0.3, 0.4) is 0 Å². The topological polar surface area (TPSA) is 38.0 Å². The maximum atomic E-state index is 5.64. The van der Waals surface area contributed by atoms with E-state index in [1.807, 2.05) is 0 Å². The monoisotopic (exact) mass is 230 g/mol. The van der Waals surface area contributed by atoms with Gasteiger partial charge in [-0.25, -0.2) is 0 Å². The minimum atomic E-state index is 0.452. The van der Waals surface area contributed by atoms with Crippen LogP contribution in [0, 0.1) is 11.8 Å². The van der Waals surface area contributed by atoms with Crippen LogP contribution in [0.2, 0.25) is 0 Å². The van der Waals surface area contributed by atoms with Gasteiger partial charge in [-0.15, -0.1) is 0 Å². The molecule has 0 radical (unpaired) electrons. The maximum Gasteiger partial charge on any atom is 0.0162 e. The van der Waals surface area contributed by atoms with Crippen molar-refractivity contribution in [3.63, 3.8) is 0 Å². The number of hydrogen-bond donors (Lipinski definition) is 2. The van der Waals surface area contributed by atoms with E-state index in [0.29, 0.717) is 6.04 Å². The van der Waals surface area contributed by atoms with Gasteiger partial charge >= 0.3 is 0 Å². The largest absolute Gasteiger partial charge is 0.329 e. The Balaban J connectivity index is 1.66. The first-order chi connectivity index (χ1) is 8.31. The van der Waals surface area contributed by atoms with Crippen molar-refractivity contribution in [2.24, 2.45) is 17.6 Å². The van der Waals surface area contributed by atoms with Crippen LogP contribution in [-0.4, -0.2) is 19.1 Å². The second-order valence-electron chi connectivity index (χ2n) is 5.64. The summed E-state index contributed by atoms with van der Waals surface area (Å²) in [6.07, 6.45) is 2.66. The Labute approximate surface area is 104 Å². The molecule has 4 atom stereocenters. The van der Waals surface area contributed by atoms with Crippen LogP contribution in [0.1, 0.15) is 30.4 Å². The first-order valence-corrected chi connectivity index (χ1v) is 6.82. The molecule has 2 aliphatic carbocycles. The molecule has 3 rings (SSSR count). The van der Waals surface area contributed by atoms with Gasteiger partial charge in [0.05, 0.1) is 0 Å². The van der Waals surface area contributed by atoms with E-state index >= 15 is 0 Å². The molecule has 1 saturated carbocycles. The van der Waals surface area contributed by atoms with Gasteiger partial charge in [-0.05, 0) is 55.2 Å². The lowest BCUT2D eigenvalue weighted by molar-refractivity contribution is 0.512. The van der Waals surface area contributed by atoms with Crippen molar-refractivity contribution in [3.8, 4) is 0 Å². The summed E-state index contributed by atoms with van der Waals surface area (Å²) in [5, 5.41) is 3.56. The van der Waals surface area contributed by atoms with Crippen LogP contribution in [0.15, 0.2) is 24.3 Å². The van der Waals surface area contributed by atoms with E-state index in [2.05, 4.69) is 36.5 Å². The Morgan fingerprint density at radius 1 is 1.41 bits per heavy atom. The fourth-order valence-electron chi connectivity index (χ4n) is 3.41. The van der Waals surface area contributed by atoms with E-state index in [4.69, 9.17) is 5.73 Å². The second kappa shape index (κ2) is 4.43. The highest BCUT2D eigenvalue weighted by atomic mass is 14.9. The van der Waals surface area contributed by atoms with E-state index in [-0.39, 0.29) is 0 Å². The molecular formula is C15H22N2. The van der Waals surface area contributed by atoms with E-state index < -0.39 is 0 Å². The quantitative estimate of drug-likeness (QED) is 0.829. The van der Waals surface area contributed by atoms with Gasteiger partial charge in [0.15, 0.2) is 0 Å². The molecule has 3 N–H and O–H groups in total. The molecule has 0 spiro atoms. The third-order valence-corrected chi connectivity index (χ3v) is 4.55. The third-order valence-electron chi connectivity index (χ3n) is 4.55. The van der Waals surface area contributed by atoms with E-state index in [9.17, 15) is 0 Å². The summed E-state index contributed by atoms with van der Waals surface area (Å²) in [6, 6.07) is 9.45. The molecule has 2 heteroatoms. The van der Waals surface area contributed by atoms with Crippen molar-refractivity contribution in [1.82, 2.24) is 5.32 Å². The van der Waals surface area contributed by atoms with Crippen LogP contribution >= 0.6 is 0 Å². The second-order valence-corrected chi connectivity index (χ2v) is 5.64. The molecule has 1 fully saturated rings. The summed E-state index contributed by atoms with van der Waals surface area (Å²) in [6.45, 7) is 4.04. The number of nitrogens with two attached hydrogens (primary N) is 1. The summed E-state index contributed by atoms with van der Waals surface area (Å²) in [4.78, 5) is 0. The highest BCUT2D eigenvalue weighted by molar-refractivity contribution is 5.39. The van der Waals surface area contributed by atoms with Gasteiger partial charge in [0.1, 0.15) is 0 Å². The van der Waals surface area contributed by atoms with Gasteiger partial charge < -0.3 is 11.1 Å². The average molecular weight is 230 g/mol. The molecule has 1 aromatic rings. The summed E-state index contributed by atoms with van der Waals surface area (Å²) in [5.41, 5.74) is 8.85. The minimum absolute atomic E-state index is 0.452. The normalized spacial score (nSPS) is 31.5. The smallest absolute Gasteiger partial charge is 0.0162 e. The highest BCUT2D eigenvalue weighted by Gasteiger charge is 2.52. The molecule has 0 aromatic heterocycles. The first kappa shape index (κ1) is 11.2. The zero-order chi connectivity index (χ0) is 11.8. The first-order valence-electron chi connectivity index (χ1n) is 6.82. The average Bonchev–Trinajstić information content (AvgIpc) is 3.10. The molecule has 0 saturated heterocycles. The van der Waals surface area contributed by atoms with Crippen molar-refractivity contribution in [2.75, 3.05) is 13.1 Å². The van der Waals surface area contributed by atoms with Gasteiger partial charge in [-0.1, -0.05) is 24.3 Å². The Hall–Kier alpha value is -0.860. The number of hydrogen-bond acceptors (Lipinski definition) is 2. The molecule has 0 aliphatic heterocycles. The summed E-state index contributed by atoms with van der Waals surface area (Å²) >= 11 is 0. The molecule has 92 valence electrons. The number of nitrogens with one attached hydrogen (secondary N) is 1. The summed E-state index contributed by atoms with van der Waals surface area (Å²) < 4.78 is 0. The van der Waals surface area contributed by atoms with Crippen LogP contribution in [0.5, 0.6) is 0 Å². The van der Waals surface area contributed by atoms with Gasteiger partial charge in [0.25, 0.3) is 0 Å². The summed E-state index contributed by atoms with van der Waals surface area (Å²) in [7, 11) is 0. The van der Waals surface area contributed by atoms with Gasteiger partial charge in [0, 0.05) is 12.6 Å². The number of rotatable bonds is 4. The standard InChI is InChI=1S/C15H22N2/c1-10(8-16)17-9-14-13-7-6-11-4-2-3-5-12(11)15(13)14/h2-5,10,13-15,17H,6-9,16H2,1H3/t10-,13?,14?,15?/m0/s1. The van der Waals surface area contributed by atoms with Crippen LogP contribution in [-0.2, 0) is 6.42 Å². The van der Waals surface area contributed by atoms with Crippen molar-refractivity contribution in [2.45, 2.75) is 31.7 Å². The SMILES string of the molecule is C[C@@H](CN)NCC1C2CCc3ccccc3C21. The zero-order valence-electron chi connectivity index (χ0n) is 10.5. The van der Waals surface area contributed by atoms with Gasteiger partial charge in [-0.2, -0.15) is 0 Å². The predicted molar refractivity (Wildman–Crippen MR) is 71.0 cm³/mol. The lowest BCUT2D eigenvalue weighted by Gasteiger charge is -2.13. The molecule has 3 unspecified atom stereocenters. The highest BCUT2D eigenvalue weighted by Crippen LogP contribution is 2.59. The fraction of sp³-hybridized carbons (Fsp3) is 0.600. The molecule has 2 aliphatic rings. The maximum absolute atomic E-state index is 5.64. The molecule has 1 aromatic carbocycles. The van der Waals surface area contributed by atoms with E-state index in [1.165, 1.54) is 12.8 Å². The van der Waals surface area contributed by atoms with Crippen molar-refractivity contribution in [1.29, 1.82) is 0 Å². The molecule has 0 heterocycles. The lowest BCUT2D eigenvalue weighted by Crippen LogP contribution is -2.34. The summed E-state index contributed by atoms with van der Waals surface area (Å²) in [5.74, 6) is 2.62. The van der Waals surface area contributed by atoms with Gasteiger partial charge in [0.2, 0.25) is 0 Å². The molecule has 17 heavy (non-hydrogen) atoms. The zero-order valence-corrected chi connectivity index (χ0v) is 10.5. The van der Waals surface area contributed by atoms with E-state index in [0.717, 1.165) is 30.8 Å². The Morgan fingerprint density at radius 2 is 2.24 bits per heavy atom. The number of aryl methyl sites for hydroxylation is 1. The van der Waals surface area contributed by atoms with Crippen molar-refractivity contribution >= 4 is 0 Å². The lowest BCUT2D eigenvalue weighted by atomic mass is 9.92. The van der Waals surface area contributed by atoms with Crippen molar-refractivity contribution in [3.05, 3.63) is 35.4 Å². The molecular weight excluding hydrogens is 208 g/mol. The van der Waals surface area contributed by atoms with E-state index in [1.54, 1.807) is 11.1 Å². The molecule has 2 nitrogen and oxygen atoms in total. The minimum Gasteiger partial charge on any atom is -0.329 e. The fourth-order valence-corrected chi connectivity index (χ4v) is 3.41.